The van der Waals surface area contributed by atoms with Crippen molar-refractivity contribution >= 4 is 0 Å². The summed E-state index contributed by atoms with van der Waals surface area (Å²) >= 11 is 0. The van der Waals surface area contributed by atoms with Gasteiger partial charge in [0.05, 0.1) is 18.4 Å². The number of hydrogen-bond donors (Lipinski definition) is 2. The molecule has 1 rings (SSSR count). The van der Waals surface area contributed by atoms with Crippen LogP contribution in [0, 0.1) is 5.92 Å². The third kappa shape index (κ3) is 3.23. The van der Waals surface area contributed by atoms with E-state index in [0.29, 0.717) is 6.54 Å². The van der Waals surface area contributed by atoms with Crippen molar-refractivity contribution in [3.05, 3.63) is 11.3 Å². The van der Waals surface area contributed by atoms with Gasteiger partial charge in [-0.3, -0.25) is 0 Å². The van der Waals surface area contributed by atoms with Crippen molar-refractivity contribution in [3.63, 3.8) is 0 Å². The fourth-order valence-electron chi connectivity index (χ4n) is 1.94. The summed E-state index contributed by atoms with van der Waals surface area (Å²) < 4.78 is 7.16. The zero-order valence-electron chi connectivity index (χ0n) is 12.0. The van der Waals surface area contributed by atoms with Gasteiger partial charge < -0.3 is 15.2 Å². The summed E-state index contributed by atoms with van der Waals surface area (Å²) in [5.74, 6) is 1.04. The first-order valence-corrected chi connectivity index (χ1v) is 6.48. The molecule has 0 aliphatic carbocycles. The number of ether oxygens (including phenoxy) is 1. The molecule has 2 N–H and O–H groups in total. The molecule has 18 heavy (non-hydrogen) atoms. The Morgan fingerprint density at radius 2 is 2.11 bits per heavy atom. The van der Waals surface area contributed by atoms with E-state index in [2.05, 4.69) is 24.3 Å². The molecule has 0 bridgehead atoms. The number of rotatable bonds is 7. The molecule has 104 valence electrons. The van der Waals surface area contributed by atoms with Crippen molar-refractivity contribution in [2.24, 2.45) is 13.0 Å². The predicted molar refractivity (Wildman–Crippen MR) is 71.7 cm³/mol. The average Bonchev–Trinajstić information content (AvgIpc) is 2.70. The van der Waals surface area contributed by atoms with Crippen LogP contribution in [-0.2, 0) is 20.0 Å². The second kappa shape index (κ2) is 6.75. The highest BCUT2D eigenvalue weighted by Gasteiger charge is 2.17. The number of nitrogens with zero attached hydrogens (tertiary/aromatic N) is 2. The molecule has 1 aromatic heterocycles. The molecule has 1 heterocycles. The molecule has 0 aromatic carbocycles. The SMILES string of the molecule is CCc1nn(C)c(OC)c1CNC(C)C(C)CO. The third-order valence-corrected chi connectivity index (χ3v) is 3.44. The molecular formula is C13H25N3O2. The first kappa shape index (κ1) is 15.0. The molecule has 1 aromatic rings. The van der Waals surface area contributed by atoms with Crippen LogP contribution >= 0.6 is 0 Å². The Balaban J connectivity index is 2.77. The van der Waals surface area contributed by atoms with E-state index in [1.54, 1.807) is 11.8 Å². The lowest BCUT2D eigenvalue weighted by Crippen LogP contribution is -2.33. The minimum atomic E-state index is 0.193. The molecule has 0 saturated carbocycles. The molecule has 0 radical (unpaired) electrons. The molecule has 5 nitrogen and oxygen atoms in total. The highest BCUT2D eigenvalue weighted by atomic mass is 16.5. The number of methoxy groups -OCH3 is 1. The van der Waals surface area contributed by atoms with Crippen LogP contribution in [0.25, 0.3) is 0 Å². The van der Waals surface area contributed by atoms with Crippen molar-refractivity contribution in [1.82, 2.24) is 15.1 Å². The largest absolute Gasteiger partial charge is 0.481 e. The van der Waals surface area contributed by atoms with Crippen molar-refractivity contribution in [3.8, 4) is 5.88 Å². The van der Waals surface area contributed by atoms with E-state index in [9.17, 15) is 0 Å². The van der Waals surface area contributed by atoms with Crippen molar-refractivity contribution < 1.29 is 9.84 Å². The fourth-order valence-corrected chi connectivity index (χ4v) is 1.94. The van der Waals surface area contributed by atoms with Gasteiger partial charge in [-0.15, -0.1) is 0 Å². The van der Waals surface area contributed by atoms with Crippen LogP contribution < -0.4 is 10.1 Å². The van der Waals surface area contributed by atoms with E-state index in [0.717, 1.165) is 23.6 Å². The van der Waals surface area contributed by atoms with Gasteiger partial charge in [0, 0.05) is 26.2 Å². The number of nitrogens with one attached hydrogen (secondary N) is 1. The maximum absolute atomic E-state index is 9.13. The molecule has 0 aliphatic heterocycles. The van der Waals surface area contributed by atoms with Crippen LogP contribution in [0.5, 0.6) is 5.88 Å². The summed E-state index contributed by atoms with van der Waals surface area (Å²) in [6.07, 6.45) is 0.887. The van der Waals surface area contributed by atoms with Crippen molar-refractivity contribution in [1.29, 1.82) is 0 Å². The molecular weight excluding hydrogens is 230 g/mol. The molecule has 0 spiro atoms. The topological polar surface area (TPSA) is 59.3 Å². The standard InChI is InChI=1S/C13H25N3O2/c1-6-12-11(13(18-5)16(4)15-12)7-14-10(3)9(2)8-17/h9-10,14,17H,6-8H2,1-5H3. The average molecular weight is 255 g/mol. The van der Waals surface area contributed by atoms with Crippen LogP contribution in [0.2, 0.25) is 0 Å². The van der Waals surface area contributed by atoms with E-state index < -0.39 is 0 Å². The van der Waals surface area contributed by atoms with E-state index >= 15 is 0 Å². The second-order valence-electron chi connectivity index (χ2n) is 4.74. The van der Waals surface area contributed by atoms with E-state index in [4.69, 9.17) is 9.84 Å². The Bertz CT molecular complexity index is 377. The third-order valence-electron chi connectivity index (χ3n) is 3.44. The summed E-state index contributed by atoms with van der Waals surface area (Å²) in [7, 11) is 3.56. The summed E-state index contributed by atoms with van der Waals surface area (Å²) in [5.41, 5.74) is 2.17. The van der Waals surface area contributed by atoms with Gasteiger partial charge in [0.2, 0.25) is 5.88 Å². The number of aliphatic hydroxyl groups is 1. The smallest absolute Gasteiger partial charge is 0.216 e. The number of aromatic nitrogens is 2. The van der Waals surface area contributed by atoms with E-state index in [1.165, 1.54) is 0 Å². The Morgan fingerprint density at radius 3 is 2.61 bits per heavy atom. The van der Waals surface area contributed by atoms with Crippen LogP contribution in [0.15, 0.2) is 0 Å². The maximum Gasteiger partial charge on any atom is 0.216 e. The summed E-state index contributed by atoms with van der Waals surface area (Å²) in [6.45, 7) is 7.10. The summed E-state index contributed by atoms with van der Waals surface area (Å²) in [5, 5.41) is 17.0. The van der Waals surface area contributed by atoms with Crippen LogP contribution in [0.4, 0.5) is 0 Å². The minimum absolute atomic E-state index is 0.193. The van der Waals surface area contributed by atoms with Crippen LogP contribution in [-0.4, -0.2) is 34.6 Å². The zero-order chi connectivity index (χ0) is 13.7. The number of aliphatic hydroxyl groups excluding tert-OH is 1. The van der Waals surface area contributed by atoms with Gasteiger partial charge in [-0.2, -0.15) is 5.10 Å². The Hall–Kier alpha value is -1.07. The summed E-state index contributed by atoms with van der Waals surface area (Å²) in [6, 6.07) is 0.254. The molecule has 0 aliphatic rings. The fraction of sp³-hybridized carbons (Fsp3) is 0.769. The molecule has 2 unspecified atom stereocenters. The van der Waals surface area contributed by atoms with Crippen molar-refractivity contribution in [2.75, 3.05) is 13.7 Å². The van der Waals surface area contributed by atoms with E-state index in [1.807, 2.05) is 14.0 Å². The van der Waals surface area contributed by atoms with Gasteiger partial charge >= 0.3 is 0 Å². The monoisotopic (exact) mass is 255 g/mol. The molecule has 2 atom stereocenters. The lowest BCUT2D eigenvalue weighted by molar-refractivity contribution is 0.206. The highest BCUT2D eigenvalue weighted by molar-refractivity contribution is 5.31. The quantitative estimate of drug-likeness (QED) is 0.766. The molecule has 0 saturated heterocycles. The highest BCUT2D eigenvalue weighted by Crippen LogP contribution is 2.22. The minimum Gasteiger partial charge on any atom is -0.481 e. The lowest BCUT2D eigenvalue weighted by Gasteiger charge is -2.19. The Morgan fingerprint density at radius 1 is 1.44 bits per heavy atom. The maximum atomic E-state index is 9.13. The zero-order valence-corrected chi connectivity index (χ0v) is 12.0. The number of hydrogen-bond acceptors (Lipinski definition) is 4. The molecule has 0 fully saturated rings. The van der Waals surface area contributed by atoms with Gasteiger partial charge in [0.15, 0.2) is 0 Å². The van der Waals surface area contributed by atoms with Crippen LogP contribution in [0.1, 0.15) is 32.0 Å². The van der Waals surface area contributed by atoms with Gasteiger partial charge in [0.25, 0.3) is 0 Å². The van der Waals surface area contributed by atoms with Crippen molar-refractivity contribution in [2.45, 2.75) is 39.8 Å². The van der Waals surface area contributed by atoms with Gasteiger partial charge in [0.1, 0.15) is 0 Å². The van der Waals surface area contributed by atoms with E-state index in [-0.39, 0.29) is 18.6 Å². The number of aryl methyl sites for hydroxylation is 2. The Kier molecular flexibility index (Phi) is 5.62. The molecule has 0 amide bonds. The van der Waals surface area contributed by atoms with Gasteiger partial charge in [-0.1, -0.05) is 13.8 Å². The van der Waals surface area contributed by atoms with Crippen LogP contribution in [0.3, 0.4) is 0 Å². The first-order chi connectivity index (χ1) is 8.54. The second-order valence-corrected chi connectivity index (χ2v) is 4.74. The lowest BCUT2D eigenvalue weighted by atomic mass is 10.0. The first-order valence-electron chi connectivity index (χ1n) is 6.48. The summed E-state index contributed by atoms with van der Waals surface area (Å²) in [4.78, 5) is 0. The Labute approximate surface area is 109 Å². The molecule has 5 heteroatoms. The normalized spacial score (nSPS) is 14.6. The van der Waals surface area contributed by atoms with Gasteiger partial charge in [-0.05, 0) is 19.3 Å². The van der Waals surface area contributed by atoms with Gasteiger partial charge in [-0.25, -0.2) is 4.68 Å². The predicted octanol–water partition coefficient (Wildman–Crippen LogP) is 1.10.